The minimum absolute atomic E-state index is 0.100. The number of carbonyl (C=O) groups excluding carboxylic acids is 1. The molecule has 110 valence electrons. The van der Waals surface area contributed by atoms with Crippen LogP contribution in [0.1, 0.15) is 5.56 Å². The summed E-state index contributed by atoms with van der Waals surface area (Å²) in [5, 5.41) is 9.82. The minimum atomic E-state index is -0.100. The van der Waals surface area contributed by atoms with Crippen molar-refractivity contribution in [2.45, 2.75) is 6.42 Å². The van der Waals surface area contributed by atoms with Crippen molar-refractivity contribution >= 4 is 27.7 Å². The molecule has 6 heteroatoms. The zero-order valence-corrected chi connectivity index (χ0v) is 13.2. The summed E-state index contributed by atoms with van der Waals surface area (Å²) in [5.74, 6) is 0.473. The van der Waals surface area contributed by atoms with E-state index in [-0.39, 0.29) is 5.91 Å². The summed E-state index contributed by atoms with van der Waals surface area (Å²) in [6, 6.07) is 13.2. The molecule has 0 unspecified atom stereocenters. The van der Waals surface area contributed by atoms with Crippen LogP contribution in [-0.4, -0.2) is 21.1 Å². The van der Waals surface area contributed by atoms with E-state index in [1.54, 1.807) is 18.5 Å². The summed E-state index contributed by atoms with van der Waals surface area (Å²) in [7, 11) is 0. The van der Waals surface area contributed by atoms with Crippen LogP contribution in [0.25, 0.3) is 11.3 Å². The van der Waals surface area contributed by atoms with Crippen LogP contribution >= 0.6 is 15.9 Å². The van der Waals surface area contributed by atoms with Crippen molar-refractivity contribution in [3.63, 3.8) is 0 Å². The highest BCUT2D eigenvalue weighted by Crippen LogP contribution is 2.20. The van der Waals surface area contributed by atoms with Crippen molar-refractivity contribution in [3.8, 4) is 11.3 Å². The number of aromatic nitrogens is 3. The summed E-state index contributed by atoms with van der Waals surface area (Å²) >= 11 is 3.44. The van der Waals surface area contributed by atoms with Gasteiger partial charge in [0.25, 0.3) is 0 Å². The number of nitrogens with one attached hydrogen (secondary N) is 2. The molecule has 0 spiro atoms. The molecule has 3 aromatic rings. The average molecular weight is 357 g/mol. The van der Waals surface area contributed by atoms with Crippen LogP contribution in [0.3, 0.4) is 0 Å². The summed E-state index contributed by atoms with van der Waals surface area (Å²) in [5.41, 5.74) is 2.64. The lowest BCUT2D eigenvalue weighted by molar-refractivity contribution is -0.115. The van der Waals surface area contributed by atoms with E-state index in [0.717, 1.165) is 21.3 Å². The molecule has 0 saturated heterocycles. The topological polar surface area (TPSA) is 70.7 Å². The number of H-pyrrole nitrogens is 1. The van der Waals surface area contributed by atoms with Crippen LogP contribution in [0.15, 0.2) is 59.3 Å². The number of anilines is 1. The van der Waals surface area contributed by atoms with Crippen molar-refractivity contribution in [1.82, 2.24) is 15.2 Å². The van der Waals surface area contributed by atoms with Gasteiger partial charge in [0.05, 0.1) is 12.1 Å². The van der Waals surface area contributed by atoms with Gasteiger partial charge in [0.15, 0.2) is 0 Å². The third-order valence-corrected chi connectivity index (χ3v) is 3.91. The van der Waals surface area contributed by atoms with E-state index in [0.29, 0.717) is 12.2 Å². The molecule has 0 aliphatic rings. The fourth-order valence-electron chi connectivity index (χ4n) is 2.07. The minimum Gasteiger partial charge on any atom is -0.311 e. The lowest BCUT2D eigenvalue weighted by atomic mass is 10.1. The van der Waals surface area contributed by atoms with E-state index >= 15 is 0 Å². The largest absolute Gasteiger partial charge is 0.311 e. The Labute approximate surface area is 135 Å². The standard InChI is InChI=1S/C16H13BrN4O/c17-13-4-2-1-3-12(13)9-16(22)19-15-10-14(20-21-15)11-5-7-18-8-6-11/h1-8,10H,9H2,(H2,19,20,21,22). The molecule has 0 fully saturated rings. The van der Waals surface area contributed by atoms with Crippen LogP contribution in [-0.2, 0) is 11.2 Å². The second-order valence-corrected chi connectivity index (χ2v) is 5.57. The van der Waals surface area contributed by atoms with Crippen LogP contribution in [0.4, 0.5) is 5.82 Å². The molecule has 1 amide bonds. The Morgan fingerprint density at radius 1 is 1.18 bits per heavy atom. The first-order chi connectivity index (χ1) is 10.7. The van der Waals surface area contributed by atoms with E-state index in [1.807, 2.05) is 36.4 Å². The van der Waals surface area contributed by atoms with Crippen molar-refractivity contribution in [3.05, 3.63) is 64.9 Å². The lowest BCUT2D eigenvalue weighted by Gasteiger charge is -2.04. The summed E-state index contributed by atoms with van der Waals surface area (Å²) in [6.07, 6.45) is 3.70. The zero-order chi connectivity index (χ0) is 15.4. The van der Waals surface area contributed by atoms with E-state index in [9.17, 15) is 4.79 Å². The highest BCUT2D eigenvalue weighted by atomic mass is 79.9. The first-order valence-electron chi connectivity index (χ1n) is 6.71. The number of nitrogens with zero attached hydrogens (tertiary/aromatic N) is 2. The molecular weight excluding hydrogens is 344 g/mol. The maximum absolute atomic E-state index is 12.1. The van der Waals surface area contributed by atoms with E-state index in [2.05, 4.69) is 36.4 Å². The van der Waals surface area contributed by atoms with Gasteiger partial charge in [0.1, 0.15) is 5.82 Å². The van der Waals surface area contributed by atoms with Crippen LogP contribution in [0, 0.1) is 0 Å². The molecule has 3 rings (SSSR count). The SMILES string of the molecule is O=C(Cc1ccccc1Br)Nc1cc(-c2ccncc2)n[nH]1. The summed E-state index contributed by atoms with van der Waals surface area (Å²) in [6.45, 7) is 0. The Balaban J connectivity index is 1.68. The Morgan fingerprint density at radius 2 is 1.95 bits per heavy atom. The first kappa shape index (κ1) is 14.5. The molecule has 0 saturated carbocycles. The summed E-state index contributed by atoms with van der Waals surface area (Å²) in [4.78, 5) is 16.1. The Morgan fingerprint density at radius 3 is 2.73 bits per heavy atom. The molecule has 0 radical (unpaired) electrons. The lowest BCUT2D eigenvalue weighted by Crippen LogP contribution is -2.14. The highest BCUT2D eigenvalue weighted by Gasteiger charge is 2.09. The number of pyridine rings is 1. The predicted octanol–water partition coefficient (Wildman–Crippen LogP) is 3.42. The number of carbonyl (C=O) groups is 1. The second kappa shape index (κ2) is 6.53. The van der Waals surface area contributed by atoms with E-state index in [1.165, 1.54) is 0 Å². The number of halogens is 1. The molecule has 0 aliphatic heterocycles. The van der Waals surface area contributed by atoms with Gasteiger partial charge in [0, 0.05) is 28.5 Å². The molecular formula is C16H13BrN4O. The number of benzene rings is 1. The fraction of sp³-hybridized carbons (Fsp3) is 0.0625. The van der Waals surface area contributed by atoms with E-state index < -0.39 is 0 Å². The van der Waals surface area contributed by atoms with Gasteiger partial charge in [-0.3, -0.25) is 14.9 Å². The molecule has 0 atom stereocenters. The third-order valence-electron chi connectivity index (χ3n) is 3.14. The number of rotatable bonds is 4. The quantitative estimate of drug-likeness (QED) is 0.752. The molecule has 0 bridgehead atoms. The van der Waals surface area contributed by atoms with Crippen molar-refractivity contribution in [1.29, 1.82) is 0 Å². The average Bonchev–Trinajstić information content (AvgIpc) is 2.99. The molecule has 5 nitrogen and oxygen atoms in total. The van der Waals surface area contributed by atoms with Crippen molar-refractivity contribution < 1.29 is 4.79 Å². The molecule has 22 heavy (non-hydrogen) atoms. The van der Waals surface area contributed by atoms with Gasteiger partial charge in [-0.1, -0.05) is 34.1 Å². The fourth-order valence-corrected chi connectivity index (χ4v) is 2.49. The number of amides is 1. The van der Waals surface area contributed by atoms with Crippen LogP contribution in [0.2, 0.25) is 0 Å². The number of hydrogen-bond acceptors (Lipinski definition) is 3. The van der Waals surface area contributed by atoms with E-state index in [4.69, 9.17) is 0 Å². The molecule has 2 aromatic heterocycles. The van der Waals surface area contributed by atoms with Gasteiger partial charge in [-0.25, -0.2) is 0 Å². The highest BCUT2D eigenvalue weighted by molar-refractivity contribution is 9.10. The van der Waals surface area contributed by atoms with Gasteiger partial charge < -0.3 is 5.32 Å². The van der Waals surface area contributed by atoms with Gasteiger partial charge in [0.2, 0.25) is 5.91 Å². The van der Waals surface area contributed by atoms with Gasteiger partial charge >= 0.3 is 0 Å². The number of aromatic amines is 1. The molecule has 1 aromatic carbocycles. The van der Waals surface area contributed by atoms with Gasteiger partial charge in [-0.2, -0.15) is 5.10 Å². The Hall–Kier alpha value is -2.47. The molecule has 0 aliphatic carbocycles. The normalized spacial score (nSPS) is 10.4. The molecule has 2 heterocycles. The van der Waals surface area contributed by atoms with Crippen LogP contribution in [0.5, 0.6) is 0 Å². The van der Waals surface area contributed by atoms with Crippen LogP contribution < -0.4 is 5.32 Å². The summed E-state index contributed by atoms with van der Waals surface area (Å²) < 4.78 is 0.923. The third kappa shape index (κ3) is 3.40. The van der Waals surface area contributed by atoms with Gasteiger partial charge in [-0.15, -0.1) is 0 Å². The number of hydrogen-bond donors (Lipinski definition) is 2. The predicted molar refractivity (Wildman–Crippen MR) is 88.3 cm³/mol. The monoisotopic (exact) mass is 356 g/mol. The smallest absolute Gasteiger partial charge is 0.229 e. The Kier molecular flexibility index (Phi) is 4.29. The van der Waals surface area contributed by atoms with Crippen molar-refractivity contribution in [2.24, 2.45) is 0 Å². The molecule has 2 N–H and O–H groups in total. The Bertz CT molecular complexity index is 786. The second-order valence-electron chi connectivity index (χ2n) is 4.72. The maximum Gasteiger partial charge on any atom is 0.229 e. The first-order valence-corrected chi connectivity index (χ1v) is 7.51. The van der Waals surface area contributed by atoms with Crippen molar-refractivity contribution in [2.75, 3.05) is 5.32 Å². The zero-order valence-electron chi connectivity index (χ0n) is 11.6. The maximum atomic E-state index is 12.1. The van der Waals surface area contributed by atoms with Gasteiger partial charge in [-0.05, 0) is 23.8 Å².